The van der Waals surface area contributed by atoms with Crippen molar-refractivity contribution >= 4 is 5.91 Å². The number of hydrogen-bond donors (Lipinski definition) is 3. The van der Waals surface area contributed by atoms with E-state index in [0.717, 1.165) is 36.6 Å². The Morgan fingerprint density at radius 3 is 2.52 bits per heavy atom. The number of benzene rings is 2. The third kappa shape index (κ3) is 8.17. The maximum Gasteiger partial charge on any atom is 0.227 e. The van der Waals surface area contributed by atoms with Crippen molar-refractivity contribution in [3.8, 4) is 5.75 Å². The van der Waals surface area contributed by atoms with Gasteiger partial charge in [-0.25, -0.2) is 0 Å². The summed E-state index contributed by atoms with van der Waals surface area (Å²) >= 11 is 0. The molecule has 0 bridgehead atoms. The molecule has 0 saturated carbocycles. The first-order valence-corrected chi connectivity index (χ1v) is 12.6. The highest BCUT2D eigenvalue weighted by Crippen LogP contribution is 2.21. The minimum atomic E-state index is -0.201. The Bertz CT molecular complexity index is 819. The van der Waals surface area contributed by atoms with Gasteiger partial charge in [0, 0.05) is 19.1 Å². The topological polar surface area (TPSA) is 62.4 Å². The molecule has 0 radical (unpaired) electrons. The summed E-state index contributed by atoms with van der Waals surface area (Å²) in [6.07, 6.45) is 4.79. The average Bonchev–Trinajstić information content (AvgIpc) is 3.36. The second kappa shape index (κ2) is 13.4. The number of rotatable bonds is 13. The quantitative estimate of drug-likeness (QED) is 0.409. The molecule has 3 rings (SSSR count). The Kier molecular flexibility index (Phi) is 10.2. The predicted molar refractivity (Wildman–Crippen MR) is 136 cm³/mol. The van der Waals surface area contributed by atoms with E-state index in [4.69, 9.17) is 4.74 Å². The zero-order chi connectivity index (χ0) is 23.5. The second-order valence-corrected chi connectivity index (χ2v) is 9.42. The molecule has 2 aromatic carbocycles. The lowest BCUT2D eigenvalue weighted by Gasteiger charge is -2.23. The summed E-state index contributed by atoms with van der Waals surface area (Å²) in [6.45, 7) is 9.83. The van der Waals surface area contributed by atoms with Gasteiger partial charge in [-0.2, -0.15) is 0 Å². The smallest absolute Gasteiger partial charge is 0.227 e. The third-order valence-electron chi connectivity index (χ3n) is 6.51. The van der Waals surface area contributed by atoms with E-state index < -0.39 is 0 Å². The Balaban J connectivity index is 1.63. The molecular weight excluding hydrogens is 410 g/mol. The van der Waals surface area contributed by atoms with Gasteiger partial charge >= 0.3 is 0 Å². The van der Waals surface area contributed by atoms with Crippen molar-refractivity contribution in [3.05, 3.63) is 65.7 Å². The van der Waals surface area contributed by atoms with Crippen LogP contribution in [0.3, 0.4) is 0 Å². The van der Waals surface area contributed by atoms with Gasteiger partial charge in [-0.15, -0.1) is 0 Å². The molecule has 1 aliphatic heterocycles. The highest BCUT2D eigenvalue weighted by Gasteiger charge is 2.21. The van der Waals surface area contributed by atoms with E-state index in [-0.39, 0.29) is 17.9 Å². The Hall–Kier alpha value is -2.37. The molecular formula is C28H41N3O2. The summed E-state index contributed by atoms with van der Waals surface area (Å²) in [5.74, 6) is 1.27. The van der Waals surface area contributed by atoms with Gasteiger partial charge in [-0.1, -0.05) is 62.7 Å². The molecule has 0 spiro atoms. The SMILES string of the molecule is CCCC(C)COc1ccc([C@H](CNC[C@@H]2CCCN2)NC(=O)C(C)c2ccccc2)cc1. The highest BCUT2D eigenvalue weighted by atomic mass is 16.5. The van der Waals surface area contributed by atoms with Gasteiger partial charge < -0.3 is 20.7 Å². The van der Waals surface area contributed by atoms with Gasteiger partial charge in [0.05, 0.1) is 18.6 Å². The van der Waals surface area contributed by atoms with Crippen LogP contribution >= 0.6 is 0 Å². The molecule has 1 fully saturated rings. The third-order valence-corrected chi connectivity index (χ3v) is 6.51. The highest BCUT2D eigenvalue weighted by molar-refractivity contribution is 5.83. The number of carbonyl (C=O) groups excluding carboxylic acids is 1. The van der Waals surface area contributed by atoms with Crippen LogP contribution in [-0.2, 0) is 4.79 Å². The Morgan fingerprint density at radius 2 is 1.85 bits per heavy atom. The van der Waals surface area contributed by atoms with Crippen molar-refractivity contribution < 1.29 is 9.53 Å². The summed E-state index contributed by atoms with van der Waals surface area (Å²) < 4.78 is 5.97. The zero-order valence-corrected chi connectivity index (χ0v) is 20.5. The van der Waals surface area contributed by atoms with Crippen LogP contribution in [-0.4, -0.2) is 38.2 Å². The largest absolute Gasteiger partial charge is 0.493 e. The molecule has 33 heavy (non-hydrogen) atoms. The molecule has 1 amide bonds. The molecule has 1 saturated heterocycles. The molecule has 3 N–H and O–H groups in total. The molecule has 5 heteroatoms. The summed E-state index contributed by atoms with van der Waals surface area (Å²) in [6, 6.07) is 18.6. The van der Waals surface area contributed by atoms with Crippen LogP contribution in [0, 0.1) is 5.92 Å². The number of hydrogen-bond acceptors (Lipinski definition) is 4. The van der Waals surface area contributed by atoms with Crippen LogP contribution in [0.1, 0.15) is 69.5 Å². The van der Waals surface area contributed by atoms with Crippen molar-refractivity contribution in [1.82, 2.24) is 16.0 Å². The van der Waals surface area contributed by atoms with Crippen molar-refractivity contribution in [3.63, 3.8) is 0 Å². The Labute approximate surface area is 199 Å². The summed E-state index contributed by atoms with van der Waals surface area (Å²) in [4.78, 5) is 13.1. The minimum absolute atomic E-state index is 0.0423. The number of carbonyl (C=O) groups is 1. The van der Waals surface area contributed by atoms with Gasteiger partial charge in [0.1, 0.15) is 5.75 Å². The van der Waals surface area contributed by atoms with Crippen LogP contribution < -0.4 is 20.7 Å². The fraction of sp³-hybridized carbons (Fsp3) is 0.536. The monoisotopic (exact) mass is 451 g/mol. The van der Waals surface area contributed by atoms with Gasteiger partial charge in [0.25, 0.3) is 0 Å². The molecule has 1 aliphatic rings. The van der Waals surface area contributed by atoms with Crippen molar-refractivity contribution in [2.24, 2.45) is 5.92 Å². The van der Waals surface area contributed by atoms with E-state index in [0.29, 0.717) is 18.5 Å². The van der Waals surface area contributed by atoms with E-state index in [1.54, 1.807) is 0 Å². The average molecular weight is 452 g/mol. The first kappa shape index (κ1) is 25.3. The summed E-state index contributed by atoms with van der Waals surface area (Å²) in [7, 11) is 0. The normalized spacial score (nSPS) is 18.5. The summed E-state index contributed by atoms with van der Waals surface area (Å²) in [5, 5.41) is 10.4. The molecule has 2 unspecified atom stereocenters. The summed E-state index contributed by atoms with van der Waals surface area (Å²) in [5.41, 5.74) is 2.12. The number of ether oxygens (including phenoxy) is 1. The minimum Gasteiger partial charge on any atom is -0.493 e. The van der Waals surface area contributed by atoms with E-state index in [2.05, 4.69) is 41.9 Å². The molecule has 180 valence electrons. The van der Waals surface area contributed by atoms with Gasteiger partial charge in [0.15, 0.2) is 0 Å². The van der Waals surface area contributed by atoms with E-state index in [1.807, 2.05) is 49.4 Å². The van der Waals surface area contributed by atoms with Crippen LogP contribution in [0.5, 0.6) is 5.75 Å². The zero-order valence-electron chi connectivity index (χ0n) is 20.5. The molecule has 0 aromatic heterocycles. The fourth-order valence-corrected chi connectivity index (χ4v) is 4.39. The lowest BCUT2D eigenvalue weighted by atomic mass is 9.99. The lowest BCUT2D eigenvalue weighted by Crippen LogP contribution is -2.41. The molecule has 4 atom stereocenters. The first-order chi connectivity index (χ1) is 16.1. The van der Waals surface area contributed by atoms with E-state index in [9.17, 15) is 4.79 Å². The van der Waals surface area contributed by atoms with Gasteiger partial charge in [-0.05, 0) is 61.9 Å². The van der Waals surface area contributed by atoms with E-state index >= 15 is 0 Å². The number of nitrogens with one attached hydrogen (secondary N) is 3. The first-order valence-electron chi connectivity index (χ1n) is 12.6. The second-order valence-electron chi connectivity index (χ2n) is 9.42. The van der Waals surface area contributed by atoms with Crippen LogP contribution in [0.2, 0.25) is 0 Å². The van der Waals surface area contributed by atoms with Gasteiger partial charge in [0.2, 0.25) is 5.91 Å². The fourth-order valence-electron chi connectivity index (χ4n) is 4.39. The van der Waals surface area contributed by atoms with Crippen LogP contribution in [0.4, 0.5) is 0 Å². The molecule has 2 aromatic rings. The van der Waals surface area contributed by atoms with E-state index in [1.165, 1.54) is 25.7 Å². The lowest BCUT2D eigenvalue weighted by molar-refractivity contribution is -0.123. The van der Waals surface area contributed by atoms with Crippen LogP contribution in [0.15, 0.2) is 54.6 Å². The molecule has 0 aliphatic carbocycles. The standard InChI is InChI=1S/C28H41N3O2/c1-4-9-21(2)20-33-26-15-13-24(14-16-26)27(19-29-18-25-12-8-17-30-25)31-28(32)22(3)23-10-6-5-7-11-23/h5-7,10-11,13-16,21-22,25,27,29-30H,4,8-9,12,17-20H2,1-3H3,(H,31,32)/t21?,22?,25-,27-/m0/s1. The van der Waals surface area contributed by atoms with Crippen molar-refractivity contribution in [2.75, 3.05) is 26.2 Å². The van der Waals surface area contributed by atoms with Crippen molar-refractivity contribution in [1.29, 1.82) is 0 Å². The molecule has 5 nitrogen and oxygen atoms in total. The molecule has 1 heterocycles. The maximum absolute atomic E-state index is 13.1. The number of amides is 1. The maximum atomic E-state index is 13.1. The van der Waals surface area contributed by atoms with Crippen LogP contribution in [0.25, 0.3) is 0 Å². The van der Waals surface area contributed by atoms with Gasteiger partial charge in [-0.3, -0.25) is 4.79 Å². The van der Waals surface area contributed by atoms with Crippen molar-refractivity contribution in [2.45, 2.75) is 64.5 Å². The predicted octanol–water partition coefficient (Wildman–Crippen LogP) is 4.80. The Morgan fingerprint density at radius 1 is 1.09 bits per heavy atom.